The van der Waals surface area contributed by atoms with Gasteiger partial charge in [0, 0.05) is 23.0 Å². The molecule has 2 heterocycles. The standard InChI is InChI=1S/C17H22ClNO2/c1-10-8-11(4-6-14(10)18)13-9-12-5-7-15(19(12)2)16(13)17(20)21-3/h4,6,8,12-13,15-16H,5,7,9H2,1-3H3/t12-,13?,15?,16+/m1/s1. The Morgan fingerprint density at radius 1 is 1.38 bits per heavy atom. The van der Waals surface area contributed by atoms with Crippen molar-refractivity contribution in [3.63, 3.8) is 0 Å². The van der Waals surface area contributed by atoms with Gasteiger partial charge in [-0.2, -0.15) is 0 Å². The number of fused-ring (bicyclic) bond motifs is 2. The zero-order valence-corrected chi connectivity index (χ0v) is 13.6. The van der Waals surface area contributed by atoms with Gasteiger partial charge in [-0.15, -0.1) is 0 Å². The van der Waals surface area contributed by atoms with Crippen LogP contribution in [0.1, 0.15) is 36.3 Å². The summed E-state index contributed by atoms with van der Waals surface area (Å²) in [6.45, 7) is 2.02. The fraction of sp³-hybridized carbons (Fsp3) is 0.588. The molecule has 2 fully saturated rings. The van der Waals surface area contributed by atoms with Crippen LogP contribution in [0, 0.1) is 12.8 Å². The molecule has 2 saturated heterocycles. The van der Waals surface area contributed by atoms with E-state index in [4.69, 9.17) is 16.3 Å². The Kier molecular flexibility index (Phi) is 3.98. The van der Waals surface area contributed by atoms with E-state index < -0.39 is 0 Å². The van der Waals surface area contributed by atoms with Crippen LogP contribution >= 0.6 is 11.6 Å². The summed E-state index contributed by atoms with van der Waals surface area (Å²) < 4.78 is 5.10. The molecule has 2 aliphatic heterocycles. The SMILES string of the molecule is COC(=O)[C@H]1C(c2ccc(Cl)c(C)c2)C[C@H]2CCC1N2C. The van der Waals surface area contributed by atoms with Crippen LogP contribution in [-0.2, 0) is 9.53 Å². The van der Waals surface area contributed by atoms with Gasteiger partial charge in [0.1, 0.15) is 0 Å². The van der Waals surface area contributed by atoms with E-state index >= 15 is 0 Å². The summed E-state index contributed by atoms with van der Waals surface area (Å²) in [5.74, 6) is 0.0891. The van der Waals surface area contributed by atoms with Crippen LogP contribution in [-0.4, -0.2) is 37.1 Å². The zero-order chi connectivity index (χ0) is 15.1. The van der Waals surface area contributed by atoms with Crippen molar-refractivity contribution in [1.82, 2.24) is 4.90 Å². The maximum absolute atomic E-state index is 12.4. The lowest BCUT2D eigenvalue weighted by Crippen LogP contribution is -2.49. The summed E-state index contributed by atoms with van der Waals surface area (Å²) >= 11 is 6.14. The highest BCUT2D eigenvalue weighted by atomic mass is 35.5. The van der Waals surface area contributed by atoms with Crippen molar-refractivity contribution in [3.05, 3.63) is 34.3 Å². The summed E-state index contributed by atoms with van der Waals surface area (Å²) in [5.41, 5.74) is 2.29. The molecule has 2 aliphatic rings. The summed E-state index contributed by atoms with van der Waals surface area (Å²) in [4.78, 5) is 14.7. The fourth-order valence-electron chi connectivity index (χ4n) is 4.17. The molecule has 2 bridgehead atoms. The number of benzene rings is 1. The van der Waals surface area contributed by atoms with Crippen molar-refractivity contribution < 1.29 is 9.53 Å². The molecule has 114 valence electrons. The quantitative estimate of drug-likeness (QED) is 0.784. The Bertz CT molecular complexity index is 560. The van der Waals surface area contributed by atoms with Crippen LogP contribution in [0.2, 0.25) is 5.02 Å². The summed E-state index contributed by atoms with van der Waals surface area (Å²) in [6.07, 6.45) is 3.29. The first-order chi connectivity index (χ1) is 10.0. The van der Waals surface area contributed by atoms with Crippen LogP contribution in [0.15, 0.2) is 18.2 Å². The second-order valence-corrected chi connectivity index (χ2v) is 6.77. The van der Waals surface area contributed by atoms with Crippen LogP contribution < -0.4 is 0 Å². The molecule has 3 nitrogen and oxygen atoms in total. The van der Waals surface area contributed by atoms with E-state index in [0.29, 0.717) is 12.1 Å². The Morgan fingerprint density at radius 2 is 2.14 bits per heavy atom. The molecule has 2 unspecified atom stereocenters. The zero-order valence-electron chi connectivity index (χ0n) is 12.8. The van der Waals surface area contributed by atoms with Gasteiger partial charge >= 0.3 is 5.97 Å². The van der Waals surface area contributed by atoms with Crippen molar-refractivity contribution in [2.24, 2.45) is 5.92 Å². The average molecular weight is 308 g/mol. The van der Waals surface area contributed by atoms with Gasteiger partial charge in [-0.05, 0) is 50.4 Å². The van der Waals surface area contributed by atoms with Crippen molar-refractivity contribution >= 4 is 17.6 Å². The van der Waals surface area contributed by atoms with Crippen LogP contribution in [0.3, 0.4) is 0 Å². The molecule has 0 N–H and O–H groups in total. The third-order valence-electron chi connectivity index (χ3n) is 5.35. The number of hydrogen-bond acceptors (Lipinski definition) is 3. The Morgan fingerprint density at radius 3 is 2.81 bits per heavy atom. The normalized spacial score (nSPS) is 32.2. The molecule has 0 aliphatic carbocycles. The predicted molar refractivity (Wildman–Crippen MR) is 83.6 cm³/mol. The van der Waals surface area contributed by atoms with E-state index in [0.717, 1.165) is 23.4 Å². The number of rotatable bonds is 2. The third kappa shape index (κ3) is 2.47. The second-order valence-electron chi connectivity index (χ2n) is 6.36. The highest BCUT2D eigenvalue weighted by molar-refractivity contribution is 6.31. The fourth-order valence-corrected chi connectivity index (χ4v) is 4.28. The minimum Gasteiger partial charge on any atom is -0.469 e. The van der Waals surface area contributed by atoms with Crippen molar-refractivity contribution in [1.29, 1.82) is 0 Å². The smallest absolute Gasteiger partial charge is 0.310 e. The topological polar surface area (TPSA) is 29.5 Å². The number of ether oxygens (including phenoxy) is 1. The van der Waals surface area contributed by atoms with Crippen molar-refractivity contribution in [2.75, 3.05) is 14.2 Å². The molecule has 4 atom stereocenters. The summed E-state index contributed by atoms with van der Waals surface area (Å²) in [6, 6.07) is 7.03. The van der Waals surface area contributed by atoms with Crippen molar-refractivity contribution in [2.45, 2.75) is 44.2 Å². The van der Waals surface area contributed by atoms with Crippen LogP contribution in [0.4, 0.5) is 0 Å². The maximum Gasteiger partial charge on any atom is 0.310 e. The molecular weight excluding hydrogens is 286 g/mol. The molecule has 3 rings (SSSR count). The van der Waals surface area contributed by atoms with E-state index in [-0.39, 0.29) is 17.8 Å². The lowest BCUT2D eigenvalue weighted by molar-refractivity contribution is -0.150. The highest BCUT2D eigenvalue weighted by Crippen LogP contribution is 2.46. The minimum atomic E-state index is -0.0789. The molecular formula is C17H22ClNO2. The first-order valence-electron chi connectivity index (χ1n) is 7.58. The molecule has 0 aromatic heterocycles. The number of hydrogen-bond donors (Lipinski definition) is 0. The number of methoxy groups -OCH3 is 1. The molecule has 4 heteroatoms. The molecule has 1 aromatic carbocycles. The summed E-state index contributed by atoms with van der Waals surface area (Å²) in [5, 5.41) is 0.782. The number of nitrogens with zero attached hydrogens (tertiary/aromatic N) is 1. The number of aryl methyl sites for hydroxylation is 1. The first-order valence-corrected chi connectivity index (χ1v) is 7.96. The largest absolute Gasteiger partial charge is 0.469 e. The van der Waals surface area contributed by atoms with E-state index in [9.17, 15) is 4.79 Å². The monoisotopic (exact) mass is 307 g/mol. The number of carbonyl (C=O) groups excluding carboxylic acids is 1. The Hall–Kier alpha value is -1.06. The van der Waals surface area contributed by atoms with E-state index in [2.05, 4.69) is 24.1 Å². The van der Waals surface area contributed by atoms with Crippen molar-refractivity contribution in [3.8, 4) is 0 Å². The number of carbonyl (C=O) groups is 1. The Balaban J connectivity index is 1.98. The van der Waals surface area contributed by atoms with Gasteiger partial charge in [0.15, 0.2) is 0 Å². The average Bonchev–Trinajstić information content (AvgIpc) is 2.72. The van der Waals surface area contributed by atoms with E-state index in [1.54, 1.807) is 0 Å². The second kappa shape index (κ2) is 5.62. The van der Waals surface area contributed by atoms with E-state index in [1.165, 1.54) is 19.1 Å². The lowest BCUT2D eigenvalue weighted by atomic mass is 9.76. The first kappa shape index (κ1) is 14.9. The molecule has 1 aromatic rings. The van der Waals surface area contributed by atoms with Gasteiger partial charge in [0.05, 0.1) is 13.0 Å². The van der Waals surface area contributed by atoms with Gasteiger partial charge in [0.2, 0.25) is 0 Å². The number of halogens is 1. The van der Waals surface area contributed by atoms with Gasteiger partial charge in [0.25, 0.3) is 0 Å². The van der Waals surface area contributed by atoms with Crippen LogP contribution in [0.25, 0.3) is 0 Å². The molecule has 0 amide bonds. The Labute approximate surface area is 131 Å². The van der Waals surface area contributed by atoms with Gasteiger partial charge in [-0.25, -0.2) is 0 Å². The maximum atomic E-state index is 12.4. The van der Waals surface area contributed by atoms with Gasteiger partial charge in [-0.3, -0.25) is 9.69 Å². The number of esters is 1. The van der Waals surface area contributed by atoms with E-state index in [1.807, 2.05) is 13.0 Å². The molecule has 0 saturated carbocycles. The number of piperidine rings is 1. The minimum absolute atomic E-state index is 0.0701. The summed E-state index contributed by atoms with van der Waals surface area (Å²) in [7, 11) is 3.63. The molecule has 0 spiro atoms. The van der Waals surface area contributed by atoms with Crippen LogP contribution in [0.5, 0.6) is 0 Å². The molecule has 21 heavy (non-hydrogen) atoms. The van der Waals surface area contributed by atoms with Gasteiger partial charge < -0.3 is 4.74 Å². The van der Waals surface area contributed by atoms with Gasteiger partial charge in [-0.1, -0.05) is 23.7 Å². The lowest BCUT2D eigenvalue weighted by Gasteiger charge is -2.41. The predicted octanol–water partition coefficient (Wildman–Crippen LogP) is 3.39. The highest BCUT2D eigenvalue weighted by Gasteiger charge is 2.49. The third-order valence-corrected chi connectivity index (χ3v) is 5.78. The molecule has 0 radical (unpaired) electrons.